The first kappa shape index (κ1) is 15.4. The van der Waals surface area contributed by atoms with Gasteiger partial charge in [-0.3, -0.25) is 4.99 Å². The Hall–Kier alpha value is -1.03. The molecule has 0 atom stereocenters. The molecule has 112 valence electrons. The minimum atomic E-state index is 0.138. The summed E-state index contributed by atoms with van der Waals surface area (Å²) in [5, 5.41) is 5.71. The second kappa shape index (κ2) is 5.76. The summed E-state index contributed by atoms with van der Waals surface area (Å²) in [4.78, 5) is 8.25. The van der Waals surface area contributed by atoms with E-state index in [0.29, 0.717) is 5.41 Å². The lowest BCUT2D eigenvalue weighted by Gasteiger charge is -2.28. The molecule has 0 radical (unpaired) electrons. The van der Waals surface area contributed by atoms with E-state index < -0.39 is 0 Å². The lowest BCUT2D eigenvalue weighted by atomic mass is 9.91. The molecule has 1 aromatic heterocycles. The average Bonchev–Trinajstić information content (AvgIpc) is 3.00. The molecule has 0 saturated carbocycles. The van der Waals surface area contributed by atoms with E-state index in [1.54, 1.807) is 0 Å². The lowest BCUT2D eigenvalue weighted by molar-refractivity contribution is 0.367. The largest absolute Gasteiger partial charge is 0.355 e. The third-order valence-corrected chi connectivity index (χ3v) is 5.30. The van der Waals surface area contributed by atoms with Gasteiger partial charge in [-0.05, 0) is 23.3 Å². The van der Waals surface area contributed by atoms with E-state index >= 15 is 0 Å². The second-order valence-corrected chi connectivity index (χ2v) is 8.05. The van der Waals surface area contributed by atoms with Gasteiger partial charge >= 0.3 is 0 Å². The summed E-state index contributed by atoms with van der Waals surface area (Å²) in [7, 11) is 1.88. The van der Waals surface area contributed by atoms with Gasteiger partial charge in [0.05, 0.1) is 0 Å². The number of hydrogen-bond acceptors (Lipinski definition) is 2. The van der Waals surface area contributed by atoms with Gasteiger partial charge in [0.15, 0.2) is 5.96 Å². The molecule has 0 unspecified atom stereocenters. The Labute approximate surface area is 127 Å². The molecule has 20 heavy (non-hydrogen) atoms. The maximum Gasteiger partial charge on any atom is 0.193 e. The van der Waals surface area contributed by atoms with Crippen LogP contribution < -0.4 is 5.32 Å². The van der Waals surface area contributed by atoms with Gasteiger partial charge in [-0.25, -0.2) is 0 Å². The van der Waals surface area contributed by atoms with Crippen molar-refractivity contribution in [1.82, 2.24) is 10.2 Å². The molecule has 1 aromatic rings. The van der Waals surface area contributed by atoms with E-state index in [1.165, 1.54) is 11.3 Å². The maximum atomic E-state index is 4.45. The zero-order chi connectivity index (χ0) is 14.8. The Morgan fingerprint density at radius 2 is 2.25 bits per heavy atom. The summed E-state index contributed by atoms with van der Waals surface area (Å²) in [5.74, 6) is 1.04. The molecule has 3 nitrogen and oxygen atoms in total. The highest BCUT2D eigenvalue weighted by Crippen LogP contribution is 2.29. The maximum absolute atomic E-state index is 4.45. The summed E-state index contributed by atoms with van der Waals surface area (Å²) < 4.78 is 0. The average molecular weight is 293 g/mol. The molecule has 0 aliphatic carbocycles. The Morgan fingerprint density at radius 1 is 1.50 bits per heavy atom. The van der Waals surface area contributed by atoms with E-state index in [4.69, 9.17) is 0 Å². The van der Waals surface area contributed by atoms with Gasteiger partial charge in [-0.15, -0.1) is 11.3 Å². The van der Waals surface area contributed by atoms with Crippen LogP contribution in [0.1, 0.15) is 39.0 Å². The number of likely N-dealkylation sites (tertiary alicyclic amines) is 1. The molecular formula is C16H27N3S. The number of rotatable bonds is 3. The number of hydrogen-bond donors (Lipinski definition) is 1. The third kappa shape index (κ3) is 3.54. The van der Waals surface area contributed by atoms with E-state index in [0.717, 1.165) is 25.6 Å². The lowest BCUT2D eigenvalue weighted by Crippen LogP contribution is -2.45. The van der Waals surface area contributed by atoms with E-state index in [9.17, 15) is 0 Å². The zero-order valence-electron chi connectivity index (χ0n) is 13.4. The molecule has 0 aromatic carbocycles. The van der Waals surface area contributed by atoms with Gasteiger partial charge in [0, 0.05) is 37.0 Å². The quantitative estimate of drug-likeness (QED) is 0.684. The van der Waals surface area contributed by atoms with Crippen LogP contribution in [0, 0.1) is 5.41 Å². The predicted octanol–water partition coefficient (Wildman–Crippen LogP) is 3.33. The molecule has 1 aliphatic heterocycles. The van der Waals surface area contributed by atoms with Gasteiger partial charge in [0.2, 0.25) is 0 Å². The summed E-state index contributed by atoms with van der Waals surface area (Å²) in [6.45, 7) is 12.3. The Bertz CT molecular complexity index is 460. The van der Waals surface area contributed by atoms with Crippen molar-refractivity contribution in [2.24, 2.45) is 10.4 Å². The van der Waals surface area contributed by atoms with Gasteiger partial charge in [-0.2, -0.15) is 0 Å². The van der Waals surface area contributed by atoms with Gasteiger partial charge < -0.3 is 10.2 Å². The van der Waals surface area contributed by atoms with E-state index in [2.05, 4.69) is 60.4 Å². The summed E-state index contributed by atoms with van der Waals surface area (Å²) in [5.41, 5.74) is 0.542. The smallest absolute Gasteiger partial charge is 0.193 e. The molecule has 1 N–H and O–H groups in total. The molecule has 1 saturated heterocycles. The third-order valence-electron chi connectivity index (χ3n) is 4.07. The predicted molar refractivity (Wildman–Crippen MR) is 88.7 cm³/mol. The summed E-state index contributed by atoms with van der Waals surface area (Å²) in [6, 6.07) is 4.34. The van der Waals surface area contributed by atoms with Crippen LogP contribution in [-0.4, -0.2) is 37.5 Å². The fraction of sp³-hybridized carbons (Fsp3) is 0.688. The Kier molecular flexibility index (Phi) is 4.43. The molecule has 1 fully saturated rings. The van der Waals surface area contributed by atoms with Gasteiger partial charge in [0.25, 0.3) is 0 Å². The highest BCUT2D eigenvalue weighted by Gasteiger charge is 2.31. The normalized spacial score (nSPS) is 19.4. The Balaban J connectivity index is 1.95. The van der Waals surface area contributed by atoms with E-state index in [-0.39, 0.29) is 5.41 Å². The molecule has 0 spiro atoms. The second-order valence-electron chi connectivity index (χ2n) is 7.10. The Morgan fingerprint density at radius 3 is 2.75 bits per heavy atom. The van der Waals surface area contributed by atoms with Crippen molar-refractivity contribution in [3.05, 3.63) is 22.4 Å². The standard InChI is InChI=1S/C16H27N3S/c1-15(2)8-9-19(12-15)14(17-5)18-11-16(3,4)13-7-6-10-20-13/h6-7,10H,8-9,11-12H2,1-5H3,(H,17,18). The molecule has 0 amide bonds. The SMILES string of the molecule is CN=C(NCC(C)(C)c1cccs1)N1CCC(C)(C)C1. The van der Waals surface area contributed by atoms with Crippen LogP contribution in [0.5, 0.6) is 0 Å². The molecule has 4 heteroatoms. The fourth-order valence-electron chi connectivity index (χ4n) is 2.68. The number of thiophene rings is 1. The number of nitrogens with zero attached hydrogens (tertiary/aromatic N) is 2. The summed E-state index contributed by atoms with van der Waals surface area (Å²) in [6.07, 6.45) is 1.24. The van der Waals surface area contributed by atoms with Crippen molar-refractivity contribution in [3.8, 4) is 0 Å². The zero-order valence-corrected chi connectivity index (χ0v) is 14.2. The highest BCUT2D eigenvalue weighted by atomic mass is 32.1. The van der Waals surface area contributed by atoms with Crippen molar-refractivity contribution in [2.45, 2.75) is 39.5 Å². The van der Waals surface area contributed by atoms with Crippen LogP contribution in [-0.2, 0) is 5.41 Å². The molecular weight excluding hydrogens is 266 g/mol. The van der Waals surface area contributed by atoms with Crippen molar-refractivity contribution in [1.29, 1.82) is 0 Å². The van der Waals surface area contributed by atoms with Crippen molar-refractivity contribution in [2.75, 3.05) is 26.7 Å². The van der Waals surface area contributed by atoms with Crippen LogP contribution in [0.3, 0.4) is 0 Å². The topological polar surface area (TPSA) is 27.6 Å². The molecule has 1 aliphatic rings. The van der Waals surface area contributed by atoms with Crippen molar-refractivity contribution in [3.63, 3.8) is 0 Å². The highest BCUT2D eigenvalue weighted by molar-refractivity contribution is 7.10. The first-order valence-corrected chi connectivity index (χ1v) is 8.22. The monoisotopic (exact) mass is 293 g/mol. The van der Waals surface area contributed by atoms with Gasteiger partial charge in [0.1, 0.15) is 0 Å². The summed E-state index contributed by atoms with van der Waals surface area (Å²) >= 11 is 1.83. The van der Waals surface area contributed by atoms with Gasteiger partial charge in [-0.1, -0.05) is 33.8 Å². The molecule has 2 rings (SSSR count). The first-order valence-electron chi connectivity index (χ1n) is 7.34. The van der Waals surface area contributed by atoms with Crippen LogP contribution in [0.4, 0.5) is 0 Å². The van der Waals surface area contributed by atoms with Crippen LogP contribution >= 0.6 is 11.3 Å². The van der Waals surface area contributed by atoms with Crippen LogP contribution in [0.25, 0.3) is 0 Å². The minimum absolute atomic E-state index is 0.138. The van der Waals surface area contributed by atoms with E-state index in [1.807, 2.05) is 18.4 Å². The number of guanidine groups is 1. The first-order chi connectivity index (χ1) is 9.34. The van der Waals surface area contributed by atoms with Crippen LogP contribution in [0.15, 0.2) is 22.5 Å². The van der Waals surface area contributed by atoms with Crippen molar-refractivity contribution >= 4 is 17.3 Å². The molecule has 0 bridgehead atoms. The minimum Gasteiger partial charge on any atom is -0.355 e. The van der Waals surface area contributed by atoms with Crippen molar-refractivity contribution < 1.29 is 0 Å². The number of nitrogens with one attached hydrogen (secondary N) is 1. The molecule has 2 heterocycles. The number of aliphatic imine (C=N–C) groups is 1. The fourth-order valence-corrected chi connectivity index (χ4v) is 3.53. The van der Waals surface area contributed by atoms with Crippen LogP contribution in [0.2, 0.25) is 0 Å².